The molecular weight excluding hydrogens is 152 g/mol. The standard InChI is InChI=1S/C9H14N2O/c1-7(2)12-8(3)9-5-4-6-10-11-9/h4-8H,1-3H3. The van der Waals surface area contributed by atoms with Crippen molar-refractivity contribution in [2.24, 2.45) is 0 Å². The third-order valence-corrected chi connectivity index (χ3v) is 1.49. The summed E-state index contributed by atoms with van der Waals surface area (Å²) in [7, 11) is 0. The smallest absolute Gasteiger partial charge is 0.0988 e. The third-order valence-electron chi connectivity index (χ3n) is 1.49. The van der Waals surface area contributed by atoms with Gasteiger partial charge in [-0.1, -0.05) is 0 Å². The number of hydrogen-bond acceptors (Lipinski definition) is 3. The lowest BCUT2D eigenvalue weighted by atomic mass is 10.2. The lowest BCUT2D eigenvalue weighted by molar-refractivity contribution is 0.0150. The lowest BCUT2D eigenvalue weighted by Crippen LogP contribution is -2.09. The van der Waals surface area contributed by atoms with Crippen molar-refractivity contribution in [3.63, 3.8) is 0 Å². The highest BCUT2D eigenvalue weighted by Gasteiger charge is 2.08. The molecule has 0 fully saturated rings. The Morgan fingerprint density at radius 3 is 2.58 bits per heavy atom. The molecule has 0 aliphatic carbocycles. The van der Waals surface area contributed by atoms with E-state index in [1.54, 1.807) is 6.20 Å². The lowest BCUT2D eigenvalue weighted by Gasteiger charge is -2.14. The van der Waals surface area contributed by atoms with Crippen molar-refractivity contribution in [2.45, 2.75) is 33.0 Å². The van der Waals surface area contributed by atoms with Crippen molar-refractivity contribution < 1.29 is 4.74 Å². The molecule has 1 atom stereocenters. The summed E-state index contributed by atoms with van der Waals surface area (Å²) in [6.45, 7) is 5.99. The molecule has 1 aromatic rings. The topological polar surface area (TPSA) is 35.0 Å². The van der Waals surface area contributed by atoms with E-state index in [1.807, 2.05) is 32.9 Å². The van der Waals surface area contributed by atoms with Crippen molar-refractivity contribution in [2.75, 3.05) is 0 Å². The predicted octanol–water partition coefficient (Wildman–Crippen LogP) is 1.96. The average molecular weight is 166 g/mol. The maximum absolute atomic E-state index is 5.53. The molecule has 1 unspecified atom stereocenters. The largest absolute Gasteiger partial charge is 0.369 e. The van der Waals surface area contributed by atoms with Gasteiger partial charge in [0, 0.05) is 6.20 Å². The van der Waals surface area contributed by atoms with Gasteiger partial charge in [-0.05, 0) is 32.9 Å². The third kappa shape index (κ3) is 2.58. The zero-order valence-electron chi connectivity index (χ0n) is 7.69. The molecule has 0 amide bonds. The fraction of sp³-hybridized carbons (Fsp3) is 0.556. The fourth-order valence-corrected chi connectivity index (χ4v) is 1.01. The molecule has 0 spiro atoms. The van der Waals surface area contributed by atoms with Crippen LogP contribution in [0.4, 0.5) is 0 Å². The first-order chi connectivity index (χ1) is 5.70. The Balaban J connectivity index is 2.59. The second-order valence-electron chi connectivity index (χ2n) is 2.98. The van der Waals surface area contributed by atoms with E-state index in [-0.39, 0.29) is 12.2 Å². The molecule has 3 heteroatoms. The van der Waals surface area contributed by atoms with E-state index in [0.717, 1.165) is 5.69 Å². The number of rotatable bonds is 3. The van der Waals surface area contributed by atoms with Crippen LogP contribution in [0.1, 0.15) is 32.6 Å². The number of aromatic nitrogens is 2. The van der Waals surface area contributed by atoms with Crippen LogP contribution in [0.2, 0.25) is 0 Å². The summed E-state index contributed by atoms with van der Waals surface area (Å²) in [6.07, 6.45) is 1.91. The van der Waals surface area contributed by atoms with Gasteiger partial charge < -0.3 is 4.74 Å². The first-order valence-electron chi connectivity index (χ1n) is 4.13. The highest BCUT2D eigenvalue weighted by molar-refractivity contribution is 5.01. The molecule has 3 nitrogen and oxygen atoms in total. The van der Waals surface area contributed by atoms with Gasteiger partial charge in [-0.2, -0.15) is 10.2 Å². The summed E-state index contributed by atoms with van der Waals surface area (Å²) in [5, 5.41) is 7.74. The Morgan fingerprint density at radius 2 is 2.08 bits per heavy atom. The van der Waals surface area contributed by atoms with Gasteiger partial charge in [0.15, 0.2) is 0 Å². The van der Waals surface area contributed by atoms with E-state index < -0.39 is 0 Å². The summed E-state index contributed by atoms with van der Waals surface area (Å²) in [4.78, 5) is 0. The SMILES string of the molecule is CC(C)OC(C)c1cccnn1. The van der Waals surface area contributed by atoms with Crippen LogP contribution in [0.15, 0.2) is 18.3 Å². The first-order valence-corrected chi connectivity index (χ1v) is 4.13. The Bertz CT molecular complexity index is 223. The van der Waals surface area contributed by atoms with Crippen molar-refractivity contribution >= 4 is 0 Å². The van der Waals surface area contributed by atoms with Crippen molar-refractivity contribution in [3.8, 4) is 0 Å². The molecule has 12 heavy (non-hydrogen) atoms. The molecule has 1 rings (SSSR count). The quantitative estimate of drug-likeness (QED) is 0.688. The Labute approximate surface area is 72.8 Å². The molecule has 0 saturated carbocycles. The Morgan fingerprint density at radius 1 is 1.33 bits per heavy atom. The zero-order chi connectivity index (χ0) is 8.97. The predicted molar refractivity (Wildman–Crippen MR) is 46.7 cm³/mol. The van der Waals surface area contributed by atoms with Gasteiger partial charge >= 0.3 is 0 Å². The van der Waals surface area contributed by atoms with E-state index in [2.05, 4.69) is 10.2 Å². The van der Waals surface area contributed by atoms with Gasteiger partial charge in [0.05, 0.1) is 17.9 Å². The molecule has 0 bridgehead atoms. The molecular formula is C9H14N2O. The molecule has 0 aliphatic rings. The Hall–Kier alpha value is -0.960. The van der Waals surface area contributed by atoms with Crippen LogP contribution < -0.4 is 0 Å². The normalized spacial score (nSPS) is 13.3. The minimum absolute atomic E-state index is 0.0266. The highest BCUT2D eigenvalue weighted by Crippen LogP contribution is 2.14. The number of nitrogens with zero attached hydrogens (tertiary/aromatic N) is 2. The van der Waals surface area contributed by atoms with E-state index in [0.29, 0.717) is 0 Å². The van der Waals surface area contributed by atoms with Crippen LogP contribution in [0.25, 0.3) is 0 Å². The summed E-state index contributed by atoms with van der Waals surface area (Å²) in [5.74, 6) is 0. The molecule has 0 aliphatic heterocycles. The maximum Gasteiger partial charge on any atom is 0.0988 e. The fourth-order valence-electron chi connectivity index (χ4n) is 1.01. The van der Waals surface area contributed by atoms with Crippen LogP contribution in [0.3, 0.4) is 0 Å². The van der Waals surface area contributed by atoms with Gasteiger partial charge in [0.2, 0.25) is 0 Å². The molecule has 0 radical (unpaired) electrons. The minimum atomic E-state index is 0.0266. The van der Waals surface area contributed by atoms with E-state index >= 15 is 0 Å². The summed E-state index contributed by atoms with van der Waals surface area (Å²) < 4.78 is 5.53. The molecule has 0 N–H and O–H groups in total. The second-order valence-corrected chi connectivity index (χ2v) is 2.98. The zero-order valence-corrected chi connectivity index (χ0v) is 7.69. The Kier molecular flexibility index (Phi) is 3.17. The number of hydrogen-bond donors (Lipinski definition) is 0. The van der Waals surface area contributed by atoms with Crippen LogP contribution >= 0.6 is 0 Å². The summed E-state index contributed by atoms with van der Waals surface area (Å²) in [5.41, 5.74) is 0.881. The van der Waals surface area contributed by atoms with Crippen molar-refractivity contribution in [1.82, 2.24) is 10.2 Å². The molecule has 66 valence electrons. The van der Waals surface area contributed by atoms with Gasteiger partial charge in [-0.15, -0.1) is 0 Å². The molecule has 1 aromatic heterocycles. The van der Waals surface area contributed by atoms with Crippen LogP contribution in [0, 0.1) is 0 Å². The second kappa shape index (κ2) is 4.16. The maximum atomic E-state index is 5.53. The van der Waals surface area contributed by atoms with E-state index in [9.17, 15) is 0 Å². The molecule has 0 saturated heterocycles. The first kappa shape index (κ1) is 9.13. The summed E-state index contributed by atoms with van der Waals surface area (Å²) in [6, 6.07) is 3.78. The molecule has 0 aromatic carbocycles. The monoisotopic (exact) mass is 166 g/mol. The summed E-state index contributed by atoms with van der Waals surface area (Å²) >= 11 is 0. The van der Waals surface area contributed by atoms with Gasteiger partial charge in [-0.25, -0.2) is 0 Å². The van der Waals surface area contributed by atoms with Crippen molar-refractivity contribution in [1.29, 1.82) is 0 Å². The van der Waals surface area contributed by atoms with Gasteiger partial charge in [0.1, 0.15) is 0 Å². The highest BCUT2D eigenvalue weighted by atomic mass is 16.5. The molecule has 1 heterocycles. The van der Waals surface area contributed by atoms with Crippen LogP contribution in [-0.2, 0) is 4.74 Å². The van der Waals surface area contributed by atoms with Crippen molar-refractivity contribution in [3.05, 3.63) is 24.0 Å². The van der Waals surface area contributed by atoms with Gasteiger partial charge in [-0.3, -0.25) is 0 Å². The van der Waals surface area contributed by atoms with Crippen LogP contribution in [0.5, 0.6) is 0 Å². The van der Waals surface area contributed by atoms with Crippen LogP contribution in [-0.4, -0.2) is 16.3 Å². The van der Waals surface area contributed by atoms with E-state index in [1.165, 1.54) is 0 Å². The van der Waals surface area contributed by atoms with Gasteiger partial charge in [0.25, 0.3) is 0 Å². The average Bonchev–Trinajstić information content (AvgIpc) is 2.05. The number of ether oxygens (including phenoxy) is 1. The van der Waals surface area contributed by atoms with E-state index in [4.69, 9.17) is 4.74 Å². The minimum Gasteiger partial charge on any atom is -0.369 e.